The fraction of sp³-hybridized carbons (Fsp3) is 0.227. The molecule has 0 bridgehead atoms. The Hall–Kier alpha value is -2.70. The summed E-state index contributed by atoms with van der Waals surface area (Å²) in [4.78, 5) is 13.7. The Morgan fingerprint density at radius 1 is 1.03 bits per heavy atom. The summed E-state index contributed by atoms with van der Waals surface area (Å²) in [5, 5.41) is 5.80. The monoisotopic (exact) mass is 429 g/mol. The molecular formula is C22H20ClNO4S. The zero-order valence-corrected chi connectivity index (χ0v) is 17.8. The van der Waals surface area contributed by atoms with Crippen molar-refractivity contribution in [2.45, 2.75) is 12.3 Å². The quantitative estimate of drug-likeness (QED) is 0.576. The number of nitrogens with one attached hydrogen (secondary N) is 1. The predicted molar refractivity (Wildman–Crippen MR) is 116 cm³/mol. The Balaban J connectivity index is 1.82. The highest BCUT2D eigenvalue weighted by Crippen LogP contribution is 2.49. The molecule has 2 heterocycles. The van der Waals surface area contributed by atoms with E-state index in [2.05, 4.69) is 10.7 Å². The summed E-state index contributed by atoms with van der Waals surface area (Å²) in [6, 6.07) is 11.4. The van der Waals surface area contributed by atoms with Crippen LogP contribution in [-0.4, -0.2) is 27.2 Å². The maximum atomic E-state index is 12.6. The first kappa shape index (κ1) is 19.6. The molecule has 3 aromatic rings. The third kappa shape index (κ3) is 3.54. The third-order valence-corrected chi connectivity index (χ3v) is 6.38. The number of benzene rings is 2. The van der Waals surface area contributed by atoms with E-state index in [1.165, 1.54) is 0 Å². The molecule has 0 spiro atoms. The highest BCUT2D eigenvalue weighted by molar-refractivity contribution is 7.11. The topological polar surface area (TPSA) is 56.8 Å². The number of carbonyl (C=O) groups excluding carboxylic acids is 1. The van der Waals surface area contributed by atoms with Crippen LogP contribution < -0.4 is 19.5 Å². The Morgan fingerprint density at radius 2 is 1.69 bits per heavy atom. The van der Waals surface area contributed by atoms with Gasteiger partial charge in [-0.1, -0.05) is 23.7 Å². The molecule has 0 saturated heterocycles. The van der Waals surface area contributed by atoms with Gasteiger partial charge in [-0.05, 0) is 35.4 Å². The van der Waals surface area contributed by atoms with Gasteiger partial charge in [-0.15, -0.1) is 11.3 Å². The highest BCUT2D eigenvalue weighted by Gasteiger charge is 2.31. The molecule has 150 valence electrons. The van der Waals surface area contributed by atoms with E-state index in [4.69, 9.17) is 25.8 Å². The van der Waals surface area contributed by atoms with Crippen molar-refractivity contribution in [3.05, 3.63) is 57.2 Å². The van der Waals surface area contributed by atoms with E-state index in [0.717, 1.165) is 27.3 Å². The van der Waals surface area contributed by atoms with Crippen LogP contribution in [0.4, 0.5) is 5.69 Å². The average Bonchev–Trinajstić information content (AvgIpc) is 3.16. The van der Waals surface area contributed by atoms with Crippen LogP contribution in [0.15, 0.2) is 41.8 Å². The molecule has 1 atom stereocenters. The lowest BCUT2D eigenvalue weighted by molar-refractivity contribution is -0.116. The van der Waals surface area contributed by atoms with Crippen molar-refractivity contribution in [3.8, 4) is 28.4 Å². The molecule has 0 radical (unpaired) electrons. The normalized spacial score (nSPS) is 15.4. The van der Waals surface area contributed by atoms with Crippen LogP contribution in [0.25, 0.3) is 11.1 Å². The van der Waals surface area contributed by atoms with Gasteiger partial charge in [-0.25, -0.2) is 0 Å². The molecule has 1 aliphatic rings. The van der Waals surface area contributed by atoms with Crippen LogP contribution in [0.3, 0.4) is 0 Å². The molecule has 0 aliphatic carbocycles. The SMILES string of the molecule is COc1cc([C@@H]2CC(=O)Nc3c(-c4ccc(Cl)cc4)csc32)cc(OC)c1OC. The first-order valence-electron chi connectivity index (χ1n) is 9.02. The number of thiophene rings is 1. The van der Waals surface area contributed by atoms with Crippen LogP contribution in [0.1, 0.15) is 22.8 Å². The minimum absolute atomic E-state index is 0.0233. The van der Waals surface area contributed by atoms with Gasteiger partial charge >= 0.3 is 0 Å². The predicted octanol–water partition coefficient (Wildman–Crippen LogP) is 5.57. The summed E-state index contributed by atoms with van der Waals surface area (Å²) in [5.41, 5.74) is 3.80. The van der Waals surface area contributed by atoms with E-state index in [0.29, 0.717) is 28.7 Å². The summed E-state index contributed by atoms with van der Waals surface area (Å²) < 4.78 is 16.4. The average molecular weight is 430 g/mol. The Kier molecular flexibility index (Phi) is 5.39. The molecule has 2 aromatic carbocycles. The van der Waals surface area contributed by atoms with Crippen LogP contribution >= 0.6 is 22.9 Å². The molecule has 1 aliphatic heterocycles. The lowest BCUT2D eigenvalue weighted by Gasteiger charge is -2.25. The zero-order valence-electron chi connectivity index (χ0n) is 16.2. The Morgan fingerprint density at radius 3 is 2.28 bits per heavy atom. The van der Waals surface area contributed by atoms with Gasteiger partial charge in [0.1, 0.15) is 0 Å². The molecule has 0 saturated carbocycles. The second-order valence-electron chi connectivity index (χ2n) is 6.66. The molecule has 5 nitrogen and oxygen atoms in total. The molecule has 1 N–H and O–H groups in total. The standard InChI is InChI=1S/C22H20ClNO4S/c1-26-17-8-13(9-18(27-2)21(17)28-3)15-10-19(25)24-20-16(11-29-22(15)20)12-4-6-14(23)7-5-12/h4-9,11,15H,10H2,1-3H3,(H,24,25)/t15-/m0/s1. The molecule has 7 heteroatoms. The number of halogens is 1. The molecule has 4 rings (SSSR count). The van der Waals surface area contributed by atoms with E-state index < -0.39 is 0 Å². The van der Waals surface area contributed by atoms with Gasteiger partial charge in [0.2, 0.25) is 11.7 Å². The number of hydrogen-bond acceptors (Lipinski definition) is 5. The first-order chi connectivity index (χ1) is 14.0. The fourth-order valence-corrected chi connectivity index (χ4v) is 4.93. The molecular weight excluding hydrogens is 410 g/mol. The number of anilines is 1. The number of rotatable bonds is 5. The maximum absolute atomic E-state index is 12.6. The van der Waals surface area contributed by atoms with E-state index in [1.807, 2.05) is 36.4 Å². The van der Waals surface area contributed by atoms with Gasteiger partial charge in [-0.3, -0.25) is 4.79 Å². The smallest absolute Gasteiger partial charge is 0.225 e. The second-order valence-corrected chi connectivity index (χ2v) is 8.01. The van der Waals surface area contributed by atoms with Crippen LogP contribution in [0.5, 0.6) is 17.2 Å². The molecule has 29 heavy (non-hydrogen) atoms. The second kappa shape index (κ2) is 7.97. The summed E-state index contributed by atoms with van der Waals surface area (Å²) in [5.74, 6) is 1.56. The van der Waals surface area contributed by atoms with Crippen LogP contribution in [0, 0.1) is 0 Å². The summed E-state index contributed by atoms with van der Waals surface area (Å²) in [6.45, 7) is 0. The van der Waals surface area contributed by atoms with Gasteiger partial charge in [-0.2, -0.15) is 0 Å². The lowest BCUT2D eigenvalue weighted by Crippen LogP contribution is -2.22. The number of carbonyl (C=O) groups is 1. The Bertz CT molecular complexity index is 1040. The van der Waals surface area contributed by atoms with Gasteiger partial charge in [0.15, 0.2) is 11.5 Å². The van der Waals surface area contributed by atoms with Gasteiger partial charge in [0, 0.05) is 33.2 Å². The van der Waals surface area contributed by atoms with E-state index in [-0.39, 0.29) is 11.8 Å². The molecule has 0 fully saturated rings. The summed E-state index contributed by atoms with van der Waals surface area (Å²) >= 11 is 7.66. The summed E-state index contributed by atoms with van der Waals surface area (Å²) in [6.07, 6.45) is 0.353. The van der Waals surface area contributed by atoms with E-state index in [9.17, 15) is 4.79 Å². The van der Waals surface area contributed by atoms with Crippen LogP contribution in [0.2, 0.25) is 5.02 Å². The number of fused-ring (bicyclic) bond motifs is 1. The first-order valence-corrected chi connectivity index (χ1v) is 10.3. The molecule has 1 amide bonds. The lowest BCUT2D eigenvalue weighted by atomic mass is 9.88. The molecule has 0 unspecified atom stereocenters. The van der Waals surface area contributed by atoms with Crippen molar-refractivity contribution >= 4 is 34.5 Å². The summed E-state index contributed by atoms with van der Waals surface area (Å²) in [7, 11) is 4.75. The number of ether oxygens (including phenoxy) is 3. The highest BCUT2D eigenvalue weighted by atomic mass is 35.5. The number of amides is 1. The van der Waals surface area contributed by atoms with Gasteiger partial charge in [0.05, 0.1) is 27.0 Å². The Labute approximate surface area is 178 Å². The van der Waals surface area contributed by atoms with Crippen molar-refractivity contribution < 1.29 is 19.0 Å². The van der Waals surface area contributed by atoms with Crippen molar-refractivity contribution in [2.24, 2.45) is 0 Å². The van der Waals surface area contributed by atoms with Gasteiger partial charge < -0.3 is 19.5 Å². The maximum Gasteiger partial charge on any atom is 0.225 e. The minimum atomic E-state index is -0.0986. The molecule has 1 aromatic heterocycles. The van der Waals surface area contributed by atoms with E-state index >= 15 is 0 Å². The van der Waals surface area contributed by atoms with Crippen molar-refractivity contribution in [1.82, 2.24) is 0 Å². The number of hydrogen-bond donors (Lipinski definition) is 1. The van der Waals surface area contributed by atoms with Crippen molar-refractivity contribution in [2.75, 3.05) is 26.6 Å². The largest absolute Gasteiger partial charge is 0.493 e. The van der Waals surface area contributed by atoms with E-state index in [1.54, 1.807) is 32.7 Å². The van der Waals surface area contributed by atoms with Gasteiger partial charge in [0.25, 0.3) is 0 Å². The number of methoxy groups -OCH3 is 3. The zero-order chi connectivity index (χ0) is 20.5. The van der Waals surface area contributed by atoms with Crippen molar-refractivity contribution in [1.29, 1.82) is 0 Å². The fourth-order valence-electron chi connectivity index (χ4n) is 3.64. The third-order valence-electron chi connectivity index (χ3n) is 5.03. The van der Waals surface area contributed by atoms with Crippen molar-refractivity contribution in [3.63, 3.8) is 0 Å². The van der Waals surface area contributed by atoms with Crippen LogP contribution in [-0.2, 0) is 4.79 Å². The minimum Gasteiger partial charge on any atom is -0.493 e.